The molecule has 1 N–H and O–H groups in total. The number of aromatic nitrogens is 2. The number of para-hydroxylation sites is 1. The SMILES string of the molecule is CC(C)c1noc(COc2c(F)cccc2CO)n1. The van der Waals surface area contributed by atoms with Crippen LogP contribution >= 0.6 is 0 Å². The second-order valence-corrected chi connectivity index (χ2v) is 4.38. The summed E-state index contributed by atoms with van der Waals surface area (Å²) in [6.45, 7) is 3.55. The third-order valence-corrected chi connectivity index (χ3v) is 2.56. The standard InChI is InChI=1S/C13H15FN2O3/c1-8(2)13-15-11(19-16-13)7-18-12-9(6-17)4-3-5-10(12)14/h3-5,8,17H,6-7H2,1-2H3. The minimum atomic E-state index is -0.532. The highest BCUT2D eigenvalue weighted by Crippen LogP contribution is 2.23. The molecule has 0 radical (unpaired) electrons. The molecule has 1 aromatic heterocycles. The molecule has 1 aromatic carbocycles. The van der Waals surface area contributed by atoms with Gasteiger partial charge in [-0.05, 0) is 6.07 Å². The van der Waals surface area contributed by atoms with Gasteiger partial charge in [-0.1, -0.05) is 31.1 Å². The molecule has 6 heteroatoms. The fourth-order valence-electron chi connectivity index (χ4n) is 1.53. The topological polar surface area (TPSA) is 68.4 Å². The van der Waals surface area contributed by atoms with E-state index in [0.717, 1.165) is 0 Å². The molecule has 0 spiro atoms. The molecule has 5 nitrogen and oxygen atoms in total. The number of benzene rings is 1. The zero-order valence-electron chi connectivity index (χ0n) is 10.8. The van der Waals surface area contributed by atoms with Gasteiger partial charge in [0.25, 0.3) is 5.89 Å². The van der Waals surface area contributed by atoms with E-state index in [4.69, 9.17) is 14.4 Å². The second kappa shape index (κ2) is 5.79. The van der Waals surface area contributed by atoms with Gasteiger partial charge >= 0.3 is 0 Å². The van der Waals surface area contributed by atoms with Gasteiger partial charge in [0.05, 0.1) is 6.61 Å². The van der Waals surface area contributed by atoms with Gasteiger partial charge in [-0.3, -0.25) is 0 Å². The van der Waals surface area contributed by atoms with Crippen molar-refractivity contribution in [1.82, 2.24) is 10.1 Å². The molecule has 0 unspecified atom stereocenters. The Morgan fingerprint density at radius 2 is 2.21 bits per heavy atom. The monoisotopic (exact) mass is 266 g/mol. The van der Waals surface area contributed by atoms with Gasteiger partial charge in [-0.2, -0.15) is 4.98 Å². The van der Waals surface area contributed by atoms with Gasteiger partial charge in [0.1, 0.15) is 0 Å². The highest BCUT2D eigenvalue weighted by Gasteiger charge is 2.13. The summed E-state index contributed by atoms with van der Waals surface area (Å²) in [4.78, 5) is 4.12. The van der Waals surface area contributed by atoms with E-state index >= 15 is 0 Å². The van der Waals surface area contributed by atoms with Crippen LogP contribution in [0.15, 0.2) is 22.7 Å². The molecule has 1 heterocycles. The van der Waals surface area contributed by atoms with Crippen LogP contribution in [0.25, 0.3) is 0 Å². The fourth-order valence-corrected chi connectivity index (χ4v) is 1.53. The molecule has 0 bridgehead atoms. The molecule has 2 aromatic rings. The van der Waals surface area contributed by atoms with Crippen LogP contribution in [0.4, 0.5) is 4.39 Å². The lowest BCUT2D eigenvalue weighted by Gasteiger charge is -2.08. The van der Waals surface area contributed by atoms with Gasteiger partial charge in [-0.25, -0.2) is 4.39 Å². The first-order valence-corrected chi connectivity index (χ1v) is 5.95. The number of aliphatic hydroxyl groups excluding tert-OH is 1. The average Bonchev–Trinajstić information content (AvgIpc) is 2.86. The first-order chi connectivity index (χ1) is 9.11. The molecule has 102 valence electrons. The molecule has 0 amide bonds. The van der Waals surface area contributed by atoms with E-state index in [1.807, 2.05) is 13.8 Å². The number of hydrogen-bond acceptors (Lipinski definition) is 5. The van der Waals surface area contributed by atoms with Gasteiger partial charge < -0.3 is 14.4 Å². The first kappa shape index (κ1) is 13.5. The van der Waals surface area contributed by atoms with E-state index in [1.54, 1.807) is 6.07 Å². The van der Waals surface area contributed by atoms with Crippen molar-refractivity contribution in [2.75, 3.05) is 0 Å². The molecule has 0 saturated carbocycles. The van der Waals surface area contributed by atoms with Crippen molar-refractivity contribution in [2.45, 2.75) is 33.0 Å². The molecule has 0 aliphatic heterocycles. The predicted octanol–water partition coefficient (Wildman–Crippen LogP) is 2.40. The van der Waals surface area contributed by atoms with Crippen molar-refractivity contribution in [3.63, 3.8) is 0 Å². The molecular weight excluding hydrogens is 251 g/mol. The first-order valence-electron chi connectivity index (χ1n) is 5.95. The number of nitrogens with zero attached hydrogens (tertiary/aromatic N) is 2. The van der Waals surface area contributed by atoms with Crippen LogP contribution in [0.3, 0.4) is 0 Å². The lowest BCUT2D eigenvalue weighted by Crippen LogP contribution is -2.01. The van der Waals surface area contributed by atoms with E-state index in [0.29, 0.717) is 11.4 Å². The maximum Gasteiger partial charge on any atom is 0.264 e. The van der Waals surface area contributed by atoms with Crippen molar-refractivity contribution in [1.29, 1.82) is 0 Å². The summed E-state index contributed by atoms with van der Waals surface area (Å²) in [5.41, 5.74) is 0.378. The molecule has 0 aliphatic rings. The van der Waals surface area contributed by atoms with Crippen molar-refractivity contribution in [3.05, 3.63) is 41.3 Å². The molecule has 0 atom stereocenters. The van der Waals surface area contributed by atoms with Crippen LogP contribution in [0.5, 0.6) is 5.75 Å². The normalized spacial score (nSPS) is 11.0. The van der Waals surface area contributed by atoms with E-state index in [1.165, 1.54) is 12.1 Å². The Balaban J connectivity index is 2.09. The minimum absolute atomic E-state index is 0.00861. The summed E-state index contributed by atoms with van der Waals surface area (Å²) in [6.07, 6.45) is 0. The molecule has 19 heavy (non-hydrogen) atoms. The smallest absolute Gasteiger partial charge is 0.264 e. The Kier molecular flexibility index (Phi) is 4.11. The van der Waals surface area contributed by atoms with E-state index in [-0.39, 0.29) is 30.8 Å². The van der Waals surface area contributed by atoms with Crippen molar-refractivity contribution in [3.8, 4) is 5.75 Å². The van der Waals surface area contributed by atoms with Crippen LogP contribution in [0, 0.1) is 5.82 Å². The van der Waals surface area contributed by atoms with Gasteiger partial charge in [-0.15, -0.1) is 0 Å². The van der Waals surface area contributed by atoms with Crippen molar-refractivity contribution < 1.29 is 18.8 Å². The quantitative estimate of drug-likeness (QED) is 0.900. The number of hydrogen-bond donors (Lipinski definition) is 1. The molecule has 0 aliphatic carbocycles. The van der Waals surface area contributed by atoms with Crippen molar-refractivity contribution in [2.24, 2.45) is 0 Å². The number of rotatable bonds is 5. The van der Waals surface area contributed by atoms with Crippen LogP contribution in [-0.2, 0) is 13.2 Å². The highest BCUT2D eigenvalue weighted by molar-refractivity contribution is 5.34. The Labute approximate surface area is 110 Å². The predicted molar refractivity (Wildman–Crippen MR) is 65.0 cm³/mol. The van der Waals surface area contributed by atoms with E-state index in [9.17, 15) is 4.39 Å². The van der Waals surface area contributed by atoms with Crippen LogP contribution in [0.1, 0.15) is 37.0 Å². The zero-order chi connectivity index (χ0) is 13.8. The van der Waals surface area contributed by atoms with Crippen LogP contribution in [-0.4, -0.2) is 15.2 Å². The number of halogens is 1. The lowest BCUT2D eigenvalue weighted by molar-refractivity contribution is 0.220. The summed E-state index contributed by atoms with van der Waals surface area (Å²) < 4.78 is 23.9. The Morgan fingerprint density at radius 3 is 2.84 bits per heavy atom. The average molecular weight is 266 g/mol. The molecule has 0 saturated heterocycles. The summed E-state index contributed by atoms with van der Waals surface area (Å²) >= 11 is 0. The summed E-state index contributed by atoms with van der Waals surface area (Å²) in [7, 11) is 0. The maximum absolute atomic E-state index is 13.6. The Bertz CT molecular complexity index is 555. The largest absolute Gasteiger partial charge is 0.480 e. The molecule has 2 rings (SSSR count). The molecular formula is C13H15FN2O3. The minimum Gasteiger partial charge on any atom is -0.480 e. The van der Waals surface area contributed by atoms with Gasteiger partial charge in [0.2, 0.25) is 0 Å². The third kappa shape index (κ3) is 3.08. The lowest BCUT2D eigenvalue weighted by atomic mass is 10.2. The maximum atomic E-state index is 13.6. The van der Waals surface area contributed by atoms with Gasteiger partial charge in [0.15, 0.2) is 24.0 Å². The summed E-state index contributed by atoms with van der Waals surface area (Å²) in [6, 6.07) is 4.37. The zero-order valence-corrected chi connectivity index (χ0v) is 10.8. The summed E-state index contributed by atoms with van der Waals surface area (Å²) in [5, 5.41) is 12.9. The van der Waals surface area contributed by atoms with Gasteiger partial charge in [0, 0.05) is 11.5 Å². The second-order valence-electron chi connectivity index (χ2n) is 4.38. The fraction of sp³-hybridized carbons (Fsp3) is 0.385. The van der Waals surface area contributed by atoms with E-state index < -0.39 is 5.82 Å². The molecule has 0 fully saturated rings. The number of ether oxygens (including phenoxy) is 1. The van der Waals surface area contributed by atoms with Crippen LogP contribution in [0.2, 0.25) is 0 Å². The number of aliphatic hydroxyl groups is 1. The third-order valence-electron chi connectivity index (χ3n) is 2.56. The summed E-state index contributed by atoms with van der Waals surface area (Å²) in [5.74, 6) is 0.480. The Hall–Kier alpha value is -1.95. The van der Waals surface area contributed by atoms with Crippen LogP contribution < -0.4 is 4.74 Å². The highest BCUT2D eigenvalue weighted by atomic mass is 19.1. The van der Waals surface area contributed by atoms with E-state index in [2.05, 4.69) is 10.1 Å². The Morgan fingerprint density at radius 1 is 1.42 bits per heavy atom. The van der Waals surface area contributed by atoms with Crippen molar-refractivity contribution >= 4 is 0 Å².